The average molecular weight is 323 g/mol. The van der Waals surface area contributed by atoms with Gasteiger partial charge in [-0.05, 0) is 39.5 Å². The van der Waals surface area contributed by atoms with Crippen molar-refractivity contribution in [2.45, 2.75) is 12.3 Å². The lowest BCUT2D eigenvalue weighted by Gasteiger charge is -2.13. The van der Waals surface area contributed by atoms with E-state index in [9.17, 15) is 14.3 Å². The van der Waals surface area contributed by atoms with Crippen LogP contribution < -0.4 is 0 Å². The van der Waals surface area contributed by atoms with Gasteiger partial charge in [0.25, 0.3) is 0 Å². The van der Waals surface area contributed by atoms with Gasteiger partial charge in [-0.3, -0.25) is 4.79 Å². The Morgan fingerprint density at radius 2 is 1.84 bits per heavy atom. The lowest BCUT2D eigenvalue weighted by atomic mass is 9.92. The Bertz CT molecular complexity index is 584. The van der Waals surface area contributed by atoms with Crippen LogP contribution in [0.1, 0.15) is 17.0 Å². The van der Waals surface area contributed by atoms with Gasteiger partial charge in [0.1, 0.15) is 5.82 Å². The van der Waals surface area contributed by atoms with Gasteiger partial charge in [-0.1, -0.05) is 42.5 Å². The topological polar surface area (TPSA) is 37.3 Å². The highest BCUT2D eigenvalue weighted by molar-refractivity contribution is 9.10. The third-order valence-corrected chi connectivity index (χ3v) is 3.57. The number of carboxylic acid groups (broad SMARTS) is 1. The summed E-state index contributed by atoms with van der Waals surface area (Å²) in [6, 6.07) is 13.8. The standard InChI is InChI=1S/C15H12BrFO2/c16-13-8-4-7-11(14(13)17)9-12(15(18)19)10-5-2-1-3-6-10/h1-8,12H,9H2,(H,18,19). The summed E-state index contributed by atoms with van der Waals surface area (Å²) in [4.78, 5) is 11.4. The van der Waals surface area contributed by atoms with Crippen molar-refractivity contribution < 1.29 is 14.3 Å². The van der Waals surface area contributed by atoms with E-state index >= 15 is 0 Å². The van der Waals surface area contributed by atoms with Crippen LogP contribution in [0.3, 0.4) is 0 Å². The Morgan fingerprint density at radius 3 is 2.47 bits per heavy atom. The van der Waals surface area contributed by atoms with Gasteiger partial charge in [-0.15, -0.1) is 0 Å². The van der Waals surface area contributed by atoms with E-state index in [1.807, 2.05) is 6.07 Å². The third-order valence-electron chi connectivity index (χ3n) is 2.96. The van der Waals surface area contributed by atoms with E-state index in [1.54, 1.807) is 42.5 Å². The summed E-state index contributed by atoms with van der Waals surface area (Å²) in [6.45, 7) is 0. The Kier molecular flexibility index (Phi) is 4.32. The van der Waals surface area contributed by atoms with Crippen LogP contribution in [0.5, 0.6) is 0 Å². The summed E-state index contributed by atoms with van der Waals surface area (Å²) in [7, 11) is 0. The Hall–Kier alpha value is -1.68. The summed E-state index contributed by atoms with van der Waals surface area (Å²) in [6.07, 6.45) is 0.130. The first-order chi connectivity index (χ1) is 9.09. The van der Waals surface area contributed by atoms with Crippen LogP contribution in [0.4, 0.5) is 4.39 Å². The highest BCUT2D eigenvalue weighted by Crippen LogP contribution is 2.25. The van der Waals surface area contributed by atoms with Crippen molar-refractivity contribution in [1.82, 2.24) is 0 Å². The maximum atomic E-state index is 13.9. The highest BCUT2D eigenvalue weighted by atomic mass is 79.9. The van der Waals surface area contributed by atoms with Gasteiger partial charge in [0.15, 0.2) is 0 Å². The third kappa shape index (κ3) is 3.20. The van der Waals surface area contributed by atoms with Gasteiger partial charge in [0.05, 0.1) is 10.4 Å². The number of hydrogen-bond donors (Lipinski definition) is 1. The number of carbonyl (C=O) groups is 1. The predicted molar refractivity (Wildman–Crippen MR) is 74.6 cm³/mol. The molecule has 0 amide bonds. The molecule has 4 heteroatoms. The minimum Gasteiger partial charge on any atom is -0.481 e. The van der Waals surface area contributed by atoms with Gasteiger partial charge < -0.3 is 5.11 Å². The van der Waals surface area contributed by atoms with E-state index in [0.717, 1.165) is 0 Å². The smallest absolute Gasteiger partial charge is 0.311 e. The molecule has 1 atom stereocenters. The first-order valence-electron chi connectivity index (χ1n) is 5.80. The second-order valence-electron chi connectivity index (χ2n) is 4.22. The molecule has 0 bridgehead atoms. The first-order valence-corrected chi connectivity index (χ1v) is 6.59. The maximum Gasteiger partial charge on any atom is 0.311 e. The van der Waals surface area contributed by atoms with Gasteiger partial charge in [0, 0.05) is 0 Å². The monoisotopic (exact) mass is 322 g/mol. The molecule has 19 heavy (non-hydrogen) atoms. The van der Waals surface area contributed by atoms with E-state index in [-0.39, 0.29) is 6.42 Å². The lowest BCUT2D eigenvalue weighted by molar-refractivity contribution is -0.138. The van der Waals surface area contributed by atoms with Crippen LogP contribution in [0, 0.1) is 5.82 Å². The molecule has 0 aromatic heterocycles. The van der Waals surface area contributed by atoms with Crippen LogP contribution in [0.15, 0.2) is 53.0 Å². The van der Waals surface area contributed by atoms with E-state index in [1.165, 1.54) is 0 Å². The van der Waals surface area contributed by atoms with Gasteiger partial charge in [-0.25, -0.2) is 4.39 Å². The van der Waals surface area contributed by atoms with Crippen LogP contribution in [0.25, 0.3) is 0 Å². The number of benzene rings is 2. The molecule has 0 saturated carbocycles. The second-order valence-corrected chi connectivity index (χ2v) is 5.07. The van der Waals surface area contributed by atoms with Crippen molar-refractivity contribution in [3.63, 3.8) is 0 Å². The molecule has 0 aliphatic carbocycles. The molecule has 2 nitrogen and oxygen atoms in total. The molecule has 98 valence electrons. The van der Waals surface area contributed by atoms with Crippen molar-refractivity contribution >= 4 is 21.9 Å². The normalized spacial score (nSPS) is 12.1. The molecule has 2 aromatic rings. The zero-order valence-corrected chi connectivity index (χ0v) is 11.6. The van der Waals surface area contributed by atoms with Crippen LogP contribution in [-0.2, 0) is 11.2 Å². The maximum absolute atomic E-state index is 13.9. The van der Waals surface area contributed by atoms with Crippen molar-refractivity contribution in [3.8, 4) is 0 Å². The molecule has 1 N–H and O–H groups in total. The zero-order valence-electron chi connectivity index (χ0n) is 10.0. The fourth-order valence-electron chi connectivity index (χ4n) is 1.96. The minimum absolute atomic E-state index is 0.130. The van der Waals surface area contributed by atoms with E-state index < -0.39 is 17.7 Å². The number of aliphatic carboxylic acids is 1. The van der Waals surface area contributed by atoms with Crippen LogP contribution in [0.2, 0.25) is 0 Å². The molecule has 0 radical (unpaired) electrons. The fourth-order valence-corrected chi connectivity index (χ4v) is 2.37. The Balaban J connectivity index is 2.32. The average Bonchev–Trinajstić information content (AvgIpc) is 2.41. The molecule has 0 aliphatic rings. The molecule has 2 aromatic carbocycles. The van der Waals surface area contributed by atoms with Crippen molar-refractivity contribution in [2.75, 3.05) is 0 Å². The SMILES string of the molecule is O=C(O)C(Cc1cccc(Br)c1F)c1ccccc1. The number of hydrogen-bond acceptors (Lipinski definition) is 1. The van der Waals surface area contributed by atoms with E-state index in [0.29, 0.717) is 15.6 Å². The van der Waals surface area contributed by atoms with E-state index in [4.69, 9.17) is 0 Å². The van der Waals surface area contributed by atoms with E-state index in [2.05, 4.69) is 15.9 Å². The molecule has 2 rings (SSSR count). The Morgan fingerprint density at radius 1 is 1.16 bits per heavy atom. The summed E-state index contributed by atoms with van der Waals surface area (Å²) in [5.41, 5.74) is 1.07. The summed E-state index contributed by atoms with van der Waals surface area (Å²) >= 11 is 3.11. The van der Waals surface area contributed by atoms with Gasteiger partial charge in [0.2, 0.25) is 0 Å². The lowest BCUT2D eigenvalue weighted by Crippen LogP contribution is -2.15. The van der Waals surface area contributed by atoms with Crippen LogP contribution in [-0.4, -0.2) is 11.1 Å². The molecule has 0 saturated heterocycles. The summed E-state index contributed by atoms with van der Waals surface area (Å²) in [5, 5.41) is 9.31. The molecular formula is C15H12BrFO2. The zero-order chi connectivity index (χ0) is 13.8. The highest BCUT2D eigenvalue weighted by Gasteiger charge is 2.22. The Labute approximate surface area is 119 Å². The first kappa shape index (κ1) is 13.7. The molecule has 0 heterocycles. The largest absolute Gasteiger partial charge is 0.481 e. The molecule has 1 unspecified atom stereocenters. The molecule has 0 aliphatic heterocycles. The summed E-state index contributed by atoms with van der Waals surface area (Å²) in [5.74, 6) is -2.10. The van der Waals surface area contributed by atoms with Crippen molar-refractivity contribution in [1.29, 1.82) is 0 Å². The molecule has 0 fully saturated rings. The molecule has 0 spiro atoms. The number of carboxylic acids is 1. The number of halogens is 2. The van der Waals surface area contributed by atoms with Gasteiger partial charge >= 0.3 is 5.97 Å². The summed E-state index contributed by atoms with van der Waals surface area (Å²) < 4.78 is 14.3. The second kappa shape index (κ2) is 5.97. The number of rotatable bonds is 4. The molecular weight excluding hydrogens is 311 g/mol. The van der Waals surface area contributed by atoms with Crippen LogP contribution >= 0.6 is 15.9 Å². The minimum atomic E-state index is -0.953. The predicted octanol–water partition coefficient (Wildman–Crippen LogP) is 4.00. The fraction of sp³-hybridized carbons (Fsp3) is 0.133. The van der Waals surface area contributed by atoms with Gasteiger partial charge in [-0.2, -0.15) is 0 Å². The van der Waals surface area contributed by atoms with Crippen molar-refractivity contribution in [2.24, 2.45) is 0 Å². The quantitative estimate of drug-likeness (QED) is 0.923. The van der Waals surface area contributed by atoms with Crippen molar-refractivity contribution in [3.05, 3.63) is 69.9 Å².